The molecular formula is C4H7N5O2. The van der Waals surface area contributed by atoms with Crippen LogP contribution in [0.3, 0.4) is 0 Å². The highest BCUT2D eigenvalue weighted by molar-refractivity contribution is 5.57. The first kappa shape index (κ1) is 7.19. The molecule has 0 aliphatic rings. The standard InChI is InChI=1S/C4H7N5O2/c5-2-1(10)3(6)9(11)4(7)8-2/h10-11H,6H2,(H3,5,7,8). The van der Waals surface area contributed by atoms with Crippen LogP contribution in [0.15, 0.2) is 0 Å². The smallest absolute Gasteiger partial charge is 0.259 e. The second-order valence-corrected chi connectivity index (χ2v) is 1.87. The van der Waals surface area contributed by atoms with Crippen LogP contribution in [0.4, 0.5) is 11.6 Å². The van der Waals surface area contributed by atoms with Crippen LogP contribution >= 0.6 is 0 Å². The third kappa shape index (κ3) is 0.914. The van der Waals surface area contributed by atoms with E-state index in [0.29, 0.717) is 0 Å². The number of nitrogen functional groups attached to an aromatic ring is 2. The van der Waals surface area contributed by atoms with E-state index in [2.05, 4.69) is 4.98 Å². The van der Waals surface area contributed by atoms with E-state index >= 15 is 0 Å². The number of anilines is 2. The molecule has 0 saturated heterocycles. The molecule has 1 heterocycles. The van der Waals surface area contributed by atoms with Crippen LogP contribution in [0.1, 0.15) is 0 Å². The van der Waals surface area contributed by atoms with Crippen LogP contribution in [0.25, 0.3) is 0 Å². The summed E-state index contributed by atoms with van der Waals surface area (Å²) in [7, 11) is 0. The molecule has 0 spiro atoms. The predicted molar refractivity (Wildman–Crippen MR) is 35.8 cm³/mol. The van der Waals surface area contributed by atoms with Crippen LogP contribution < -0.4 is 17.1 Å². The van der Waals surface area contributed by atoms with Gasteiger partial charge < -0.3 is 21.8 Å². The number of hydrogen-bond donors (Lipinski definition) is 5. The monoisotopic (exact) mass is 157 g/mol. The maximum Gasteiger partial charge on any atom is 0.259 e. The van der Waals surface area contributed by atoms with E-state index in [1.807, 2.05) is 0 Å². The highest BCUT2D eigenvalue weighted by Crippen LogP contribution is 2.20. The van der Waals surface area contributed by atoms with E-state index in [-0.39, 0.29) is 10.5 Å². The SMILES string of the molecule is N=c1nc(N)c(O)c(N)n1O. The van der Waals surface area contributed by atoms with Gasteiger partial charge in [-0.2, -0.15) is 4.98 Å². The molecule has 0 saturated carbocycles. The second-order valence-electron chi connectivity index (χ2n) is 1.87. The van der Waals surface area contributed by atoms with Crippen LogP contribution in [-0.4, -0.2) is 20.0 Å². The molecular weight excluding hydrogens is 150 g/mol. The van der Waals surface area contributed by atoms with E-state index in [9.17, 15) is 0 Å². The van der Waals surface area contributed by atoms with Crippen LogP contribution in [-0.2, 0) is 0 Å². The van der Waals surface area contributed by atoms with Crippen molar-refractivity contribution in [3.8, 4) is 5.75 Å². The summed E-state index contributed by atoms with van der Waals surface area (Å²) in [6.07, 6.45) is 0. The Bertz CT molecular complexity index is 343. The molecule has 0 aromatic carbocycles. The van der Waals surface area contributed by atoms with E-state index in [4.69, 9.17) is 27.2 Å². The largest absolute Gasteiger partial charge is 0.502 e. The van der Waals surface area contributed by atoms with Gasteiger partial charge in [-0.15, -0.1) is 4.73 Å². The molecule has 1 aromatic rings. The number of nitrogens with one attached hydrogen (secondary N) is 1. The third-order valence-electron chi connectivity index (χ3n) is 1.14. The first-order valence-corrected chi connectivity index (χ1v) is 2.65. The zero-order valence-electron chi connectivity index (χ0n) is 5.44. The normalized spacial score (nSPS) is 9.82. The Hall–Kier alpha value is -1.92. The van der Waals surface area contributed by atoms with E-state index in [1.54, 1.807) is 0 Å². The Morgan fingerprint density at radius 3 is 2.55 bits per heavy atom. The average molecular weight is 157 g/mol. The maximum absolute atomic E-state index is 8.93. The molecule has 0 bridgehead atoms. The third-order valence-corrected chi connectivity index (χ3v) is 1.14. The first-order valence-electron chi connectivity index (χ1n) is 2.65. The maximum atomic E-state index is 8.93. The lowest BCUT2D eigenvalue weighted by atomic mass is 10.5. The summed E-state index contributed by atoms with van der Waals surface area (Å²) in [5.41, 5.74) is 9.68. The lowest BCUT2D eigenvalue weighted by Crippen LogP contribution is -2.24. The lowest BCUT2D eigenvalue weighted by Gasteiger charge is -2.04. The molecule has 0 aliphatic heterocycles. The van der Waals surface area contributed by atoms with Crippen molar-refractivity contribution < 1.29 is 10.3 Å². The molecule has 0 radical (unpaired) electrons. The van der Waals surface area contributed by atoms with E-state index in [0.717, 1.165) is 0 Å². The predicted octanol–water partition coefficient (Wildman–Crippen LogP) is -1.53. The van der Waals surface area contributed by atoms with Gasteiger partial charge in [-0.25, -0.2) is 0 Å². The molecule has 1 aromatic heterocycles. The minimum atomic E-state index is -0.530. The summed E-state index contributed by atoms with van der Waals surface area (Å²) >= 11 is 0. The van der Waals surface area contributed by atoms with Gasteiger partial charge in [0.25, 0.3) is 5.62 Å². The minimum Gasteiger partial charge on any atom is -0.502 e. The van der Waals surface area contributed by atoms with Crippen molar-refractivity contribution in [2.75, 3.05) is 11.5 Å². The van der Waals surface area contributed by atoms with Gasteiger partial charge in [0, 0.05) is 0 Å². The molecule has 60 valence electrons. The topological polar surface area (TPSA) is 134 Å². The molecule has 0 fully saturated rings. The summed E-state index contributed by atoms with van der Waals surface area (Å²) in [5.74, 6) is -1.20. The molecule has 0 amide bonds. The fourth-order valence-electron chi connectivity index (χ4n) is 0.560. The lowest BCUT2D eigenvalue weighted by molar-refractivity contribution is 0.169. The molecule has 7 nitrogen and oxygen atoms in total. The highest BCUT2D eigenvalue weighted by atomic mass is 16.5. The van der Waals surface area contributed by atoms with Crippen molar-refractivity contribution in [2.45, 2.75) is 0 Å². The average Bonchev–Trinajstić information content (AvgIpc) is 1.97. The molecule has 1 rings (SSSR count). The summed E-state index contributed by atoms with van der Waals surface area (Å²) < 4.78 is 0.228. The number of aromatic nitrogens is 2. The Labute approximate surface area is 61.0 Å². The zero-order chi connectivity index (χ0) is 8.59. The summed E-state index contributed by atoms with van der Waals surface area (Å²) in [5, 5.41) is 24.7. The summed E-state index contributed by atoms with van der Waals surface area (Å²) in [4.78, 5) is 3.26. The number of nitrogens with two attached hydrogens (primary N) is 2. The van der Waals surface area contributed by atoms with Crippen LogP contribution in [0.2, 0.25) is 0 Å². The number of hydrogen-bond acceptors (Lipinski definition) is 6. The molecule has 0 aliphatic carbocycles. The zero-order valence-corrected chi connectivity index (χ0v) is 5.44. The summed E-state index contributed by atoms with van der Waals surface area (Å²) in [6.45, 7) is 0. The molecule has 7 N–H and O–H groups in total. The van der Waals surface area contributed by atoms with Gasteiger partial charge in [-0.05, 0) is 0 Å². The summed E-state index contributed by atoms with van der Waals surface area (Å²) in [6, 6.07) is 0. The van der Waals surface area contributed by atoms with E-state index < -0.39 is 17.2 Å². The van der Waals surface area contributed by atoms with Crippen molar-refractivity contribution in [3.63, 3.8) is 0 Å². The van der Waals surface area contributed by atoms with Gasteiger partial charge >= 0.3 is 0 Å². The fraction of sp³-hybridized carbons (Fsp3) is 0. The van der Waals surface area contributed by atoms with Crippen LogP contribution in [0.5, 0.6) is 5.75 Å². The van der Waals surface area contributed by atoms with Gasteiger partial charge in [0.2, 0.25) is 5.75 Å². The van der Waals surface area contributed by atoms with Gasteiger partial charge in [-0.3, -0.25) is 5.41 Å². The van der Waals surface area contributed by atoms with Crippen molar-refractivity contribution in [3.05, 3.63) is 5.62 Å². The van der Waals surface area contributed by atoms with E-state index in [1.165, 1.54) is 0 Å². The van der Waals surface area contributed by atoms with Gasteiger partial charge in [0.05, 0.1) is 0 Å². The molecule has 0 atom stereocenters. The molecule has 11 heavy (non-hydrogen) atoms. The Kier molecular flexibility index (Phi) is 1.34. The number of nitrogens with zero attached hydrogens (tertiary/aromatic N) is 2. The molecule has 7 heteroatoms. The van der Waals surface area contributed by atoms with Crippen molar-refractivity contribution >= 4 is 11.6 Å². The number of rotatable bonds is 0. The Morgan fingerprint density at radius 1 is 1.45 bits per heavy atom. The van der Waals surface area contributed by atoms with Crippen molar-refractivity contribution in [1.82, 2.24) is 9.71 Å². The van der Waals surface area contributed by atoms with Crippen LogP contribution in [0, 0.1) is 5.41 Å². The van der Waals surface area contributed by atoms with Crippen molar-refractivity contribution in [2.24, 2.45) is 0 Å². The van der Waals surface area contributed by atoms with Gasteiger partial charge in [0.15, 0.2) is 11.6 Å². The highest BCUT2D eigenvalue weighted by Gasteiger charge is 2.07. The Balaban J connectivity index is 3.59. The van der Waals surface area contributed by atoms with Crippen molar-refractivity contribution in [1.29, 1.82) is 5.41 Å². The van der Waals surface area contributed by atoms with Gasteiger partial charge in [0.1, 0.15) is 0 Å². The minimum absolute atomic E-state index is 0.228. The van der Waals surface area contributed by atoms with Gasteiger partial charge in [-0.1, -0.05) is 0 Å². The Morgan fingerprint density at radius 2 is 2.00 bits per heavy atom. The quantitative estimate of drug-likeness (QED) is 0.291. The second kappa shape index (κ2) is 2.04. The number of aromatic hydroxyl groups is 1. The first-order chi connectivity index (χ1) is 5.04. The molecule has 0 unspecified atom stereocenters. The fourth-order valence-corrected chi connectivity index (χ4v) is 0.560.